The van der Waals surface area contributed by atoms with Crippen LogP contribution in [-0.4, -0.2) is 31.6 Å². The van der Waals surface area contributed by atoms with Gasteiger partial charge in [0.15, 0.2) is 0 Å². The van der Waals surface area contributed by atoms with Crippen LogP contribution >= 0.6 is 0 Å². The van der Waals surface area contributed by atoms with E-state index >= 15 is 0 Å². The molecular formula is C21H21F3N2O3. The van der Waals surface area contributed by atoms with Crippen LogP contribution in [-0.2, 0) is 25.9 Å². The predicted octanol–water partition coefficient (Wildman–Crippen LogP) is 3.51. The Morgan fingerprint density at radius 2 is 1.55 bits per heavy atom. The zero-order valence-electron chi connectivity index (χ0n) is 15.6. The van der Waals surface area contributed by atoms with Crippen LogP contribution in [0.3, 0.4) is 0 Å². The van der Waals surface area contributed by atoms with Crippen LogP contribution < -0.4 is 10.6 Å². The Morgan fingerprint density at radius 1 is 0.931 bits per heavy atom. The molecule has 154 valence electrons. The van der Waals surface area contributed by atoms with Crippen molar-refractivity contribution in [3.63, 3.8) is 0 Å². The van der Waals surface area contributed by atoms with E-state index in [1.807, 2.05) is 30.3 Å². The van der Waals surface area contributed by atoms with E-state index in [4.69, 9.17) is 4.74 Å². The third kappa shape index (κ3) is 5.14. The molecule has 3 rings (SSSR count). The van der Waals surface area contributed by atoms with E-state index in [-0.39, 0.29) is 17.6 Å². The average molecular weight is 406 g/mol. The minimum absolute atomic E-state index is 0.113. The maximum absolute atomic E-state index is 12.6. The smallest absolute Gasteiger partial charge is 0.381 e. The molecule has 2 aromatic rings. The average Bonchev–Trinajstić information content (AvgIpc) is 2.73. The highest BCUT2D eigenvalue weighted by Gasteiger charge is 2.35. The predicted molar refractivity (Wildman–Crippen MR) is 101 cm³/mol. The highest BCUT2D eigenvalue weighted by Crippen LogP contribution is 2.34. The van der Waals surface area contributed by atoms with Gasteiger partial charge in [-0.15, -0.1) is 0 Å². The molecule has 0 saturated carbocycles. The van der Waals surface area contributed by atoms with E-state index in [1.54, 1.807) is 0 Å². The maximum atomic E-state index is 12.6. The summed E-state index contributed by atoms with van der Waals surface area (Å²) in [5.41, 5.74) is 0.0158. The summed E-state index contributed by atoms with van der Waals surface area (Å²) in [6, 6.07) is 13.6. The minimum Gasteiger partial charge on any atom is -0.381 e. The summed E-state index contributed by atoms with van der Waals surface area (Å²) in [5.74, 6) is -1.77. The van der Waals surface area contributed by atoms with E-state index in [0.29, 0.717) is 26.1 Å². The van der Waals surface area contributed by atoms with Gasteiger partial charge in [0.25, 0.3) is 0 Å². The maximum Gasteiger partial charge on any atom is 0.416 e. The zero-order chi connectivity index (χ0) is 20.9. The summed E-state index contributed by atoms with van der Waals surface area (Å²) in [7, 11) is 0. The summed E-state index contributed by atoms with van der Waals surface area (Å²) >= 11 is 0. The fourth-order valence-electron chi connectivity index (χ4n) is 3.38. The fourth-order valence-corrected chi connectivity index (χ4v) is 3.38. The number of amides is 2. The molecule has 1 fully saturated rings. The lowest BCUT2D eigenvalue weighted by molar-refractivity contribution is -0.137. The molecule has 0 bridgehead atoms. The number of alkyl halides is 3. The first-order valence-corrected chi connectivity index (χ1v) is 9.20. The zero-order valence-corrected chi connectivity index (χ0v) is 15.6. The van der Waals surface area contributed by atoms with Crippen LogP contribution in [0.4, 0.5) is 18.9 Å². The summed E-state index contributed by atoms with van der Waals surface area (Å²) in [4.78, 5) is 24.4. The number of carbonyl (C=O) groups excluding carboxylic acids is 2. The van der Waals surface area contributed by atoms with Gasteiger partial charge in [-0.25, -0.2) is 0 Å². The molecule has 1 aliphatic heterocycles. The summed E-state index contributed by atoms with van der Waals surface area (Å²) in [5, 5.41) is 4.98. The number of ether oxygens (including phenoxy) is 1. The molecule has 1 heterocycles. The number of anilines is 1. The molecule has 1 saturated heterocycles. The molecule has 0 unspecified atom stereocenters. The number of benzene rings is 2. The molecule has 2 aromatic carbocycles. The van der Waals surface area contributed by atoms with E-state index in [2.05, 4.69) is 10.6 Å². The first kappa shape index (κ1) is 20.9. The molecule has 29 heavy (non-hydrogen) atoms. The molecular weight excluding hydrogens is 385 g/mol. The normalized spacial score (nSPS) is 16.1. The van der Waals surface area contributed by atoms with Crippen molar-refractivity contribution in [3.8, 4) is 0 Å². The molecule has 8 heteroatoms. The van der Waals surface area contributed by atoms with Gasteiger partial charge >= 0.3 is 18.0 Å². The Labute approximate surface area is 166 Å². The van der Waals surface area contributed by atoms with Crippen molar-refractivity contribution in [2.75, 3.05) is 25.1 Å². The van der Waals surface area contributed by atoms with Crippen molar-refractivity contribution in [1.82, 2.24) is 5.32 Å². The van der Waals surface area contributed by atoms with E-state index in [0.717, 1.165) is 29.8 Å². The lowest BCUT2D eigenvalue weighted by Gasteiger charge is -2.37. The number of hydrogen-bond acceptors (Lipinski definition) is 3. The highest BCUT2D eigenvalue weighted by atomic mass is 19.4. The van der Waals surface area contributed by atoms with Gasteiger partial charge in [0, 0.05) is 30.9 Å². The monoisotopic (exact) mass is 406 g/mol. The molecule has 0 spiro atoms. The number of rotatable bonds is 4. The minimum atomic E-state index is -4.46. The number of carbonyl (C=O) groups is 2. The van der Waals surface area contributed by atoms with Crippen LogP contribution in [0.2, 0.25) is 0 Å². The molecule has 0 aromatic heterocycles. The summed E-state index contributed by atoms with van der Waals surface area (Å²) in [6.07, 6.45) is -3.05. The molecule has 0 radical (unpaired) electrons. The van der Waals surface area contributed by atoms with Crippen LogP contribution in [0.5, 0.6) is 0 Å². The Kier molecular flexibility index (Phi) is 6.22. The van der Waals surface area contributed by atoms with E-state index < -0.39 is 23.6 Å². The Bertz CT molecular complexity index is 846. The van der Waals surface area contributed by atoms with Crippen molar-refractivity contribution in [2.24, 2.45) is 0 Å². The summed E-state index contributed by atoms with van der Waals surface area (Å²) in [6.45, 7) is 1.38. The van der Waals surface area contributed by atoms with Gasteiger partial charge in [-0.2, -0.15) is 13.2 Å². The topological polar surface area (TPSA) is 67.4 Å². The number of nitrogens with one attached hydrogen (secondary N) is 2. The van der Waals surface area contributed by atoms with Crippen molar-refractivity contribution in [1.29, 1.82) is 0 Å². The van der Waals surface area contributed by atoms with Gasteiger partial charge in [0.1, 0.15) is 0 Å². The lowest BCUT2D eigenvalue weighted by atomic mass is 9.74. The SMILES string of the molecule is O=C(NCC1(c2ccccc2)CCOCC1)C(=O)Nc1ccc(C(F)(F)F)cc1. The Morgan fingerprint density at radius 3 is 2.14 bits per heavy atom. The van der Waals surface area contributed by atoms with Crippen LogP contribution in [0, 0.1) is 0 Å². The quantitative estimate of drug-likeness (QED) is 0.764. The second-order valence-electron chi connectivity index (χ2n) is 6.97. The van der Waals surface area contributed by atoms with E-state index in [1.165, 1.54) is 0 Å². The molecule has 2 amide bonds. The van der Waals surface area contributed by atoms with Gasteiger partial charge < -0.3 is 15.4 Å². The van der Waals surface area contributed by atoms with Gasteiger partial charge in [-0.05, 0) is 42.7 Å². The second-order valence-corrected chi connectivity index (χ2v) is 6.97. The number of hydrogen-bond donors (Lipinski definition) is 2. The first-order valence-electron chi connectivity index (χ1n) is 9.20. The largest absolute Gasteiger partial charge is 0.416 e. The Hall–Kier alpha value is -2.87. The molecule has 0 aliphatic carbocycles. The van der Waals surface area contributed by atoms with Crippen LogP contribution in [0.25, 0.3) is 0 Å². The van der Waals surface area contributed by atoms with Crippen LogP contribution in [0.1, 0.15) is 24.0 Å². The van der Waals surface area contributed by atoms with Crippen LogP contribution in [0.15, 0.2) is 54.6 Å². The molecule has 5 nitrogen and oxygen atoms in total. The van der Waals surface area contributed by atoms with Gasteiger partial charge in [-0.1, -0.05) is 30.3 Å². The second kappa shape index (κ2) is 8.65. The fraction of sp³-hybridized carbons (Fsp3) is 0.333. The number of halogens is 3. The van der Waals surface area contributed by atoms with Crippen molar-refractivity contribution >= 4 is 17.5 Å². The van der Waals surface area contributed by atoms with E-state index in [9.17, 15) is 22.8 Å². The molecule has 2 N–H and O–H groups in total. The van der Waals surface area contributed by atoms with Gasteiger partial charge in [-0.3, -0.25) is 9.59 Å². The Balaban J connectivity index is 1.62. The molecule has 0 atom stereocenters. The summed E-state index contributed by atoms with van der Waals surface area (Å²) < 4.78 is 43.3. The first-order chi connectivity index (χ1) is 13.8. The standard InChI is InChI=1S/C21H21F3N2O3/c22-21(23,24)16-6-8-17(9-7-16)26-19(28)18(27)25-14-20(10-12-29-13-11-20)15-4-2-1-3-5-15/h1-9H,10-14H2,(H,25,27)(H,26,28). The van der Waals surface area contributed by atoms with Crippen molar-refractivity contribution in [2.45, 2.75) is 24.4 Å². The third-order valence-electron chi connectivity index (χ3n) is 5.10. The van der Waals surface area contributed by atoms with Crippen molar-refractivity contribution in [3.05, 3.63) is 65.7 Å². The van der Waals surface area contributed by atoms with Gasteiger partial charge in [0.2, 0.25) is 0 Å². The lowest BCUT2D eigenvalue weighted by Crippen LogP contribution is -2.47. The molecule has 1 aliphatic rings. The highest BCUT2D eigenvalue weighted by molar-refractivity contribution is 6.39. The third-order valence-corrected chi connectivity index (χ3v) is 5.10. The van der Waals surface area contributed by atoms with Crippen molar-refractivity contribution < 1.29 is 27.5 Å². The van der Waals surface area contributed by atoms with Gasteiger partial charge in [0.05, 0.1) is 5.56 Å².